The molecule has 0 spiro atoms. The van der Waals surface area contributed by atoms with Crippen molar-refractivity contribution in [2.75, 3.05) is 13.1 Å². The van der Waals surface area contributed by atoms with Crippen LogP contribution < -0.4 is 5.73 Å². The molecule has 108 valence electrons. The number of primary amides is 1. The van der Waals surface area contributed by atoms with E-state index < -0.39 is 0 Å². The van der Waals surface area contributed by atoms with E-state index in [1.807, 2.05) is 0 Å². The van der Waals surface area contributed by atoms with E-state index in [0.29, 0.717) is 25.1 Å². The topological polar surface area (TPSA) is 63.4 Å². The van der Waals surface area contributed by atoms with E-state index in [1.54, 1.807) is 23.1 Å². The lowest BCUT2D eigenvalue weighted by atomic mass is 9.93. The van der Waals surface area contributed by atoms with Crippen molar-refractivity contribution in [3.8, 4) is 0 Å². The monoisotopic (exact) mass is 278 g/mol. The fourth-order valence-corrected chi connectivity index (χ4v) is 2.59. The largest absolute Gasteiger partial charge is 0.370 e. The van der Waals surface area contributed by atoms with Gasteiger partial charge >= 0.3 is 0 Å². The number of amides is 2. The minimum Gasteiger partial charge on any atom is -0.370 e. The summed E-state index contributed by atoms with van der Waals surface area (Å²) in [5.41, 5.74) is 5.60. The molecule has 1 aliphatic heterocycles. The first-order valence-corrected chi connectivity index (χ1v) is 6.85. The first-order chi connectivity index (χ1) is 9.56. The molecule has 5 heteroatoms. The van der Waals surface area contributed by atoms with E-state index in [9.17, 15) is 14.0 Å². The number of rotatable bonds is 4. The third-order valence-corrected chi connectivity index (χ3v) is 3.76. The molecular formula is C15H19FN2O2. The van der Waals surface area contributed by atoms with Crippen LogP contribution in [0.1, 0.15) is 24.8 Å². The van der Waals surface area contributed by atoms with Crippen molar-refractivity contribution in [3.63, 3.8) is 0 Å². The number of nitrogens with two attached hydrogens (primary N) is 1. The molecular weight excluding hydrogens is 259 g/mol. The molecule has 1 fully saturated rings. The van der Waals surface area contributed by atoms with Crippen molar-refractivity contribution >= 4 is 11.8 Å². The summed E-state index contributed by atoms with van der Waals surface area (Å²) < 4.78 is 13.5. The van der Waals surface area contributed by atoms with Gasteiger partial charge in [-0.2, -0.15) is 0 Å². The van der Waals surface area contributed by atoms with Gasteiger partial charge in [0.1, 0.15) is 5.82 Å². The van der Waals surface area contributed by atoms with Crippen molar-refractivity contribution in [1.82, 2.24) is 4.90 Å². The smallest absolute Gasteiger partial charge is 0.227 e. The Labute approximate surface area is 117 Å². The van der Waals surface area contributed by atoms with Crippen molar-refractivity contribution in [2.45, 2.75) is 25.7 Å². The van der Waals surface area contributed by atoms with Crippen LogP contribution in [0.2, 0.25) is 0 Å². The Bertz CT molecular complexity index is 496. The van der Waals surface area contributed by atoms with Crippen LogP contribution in [0.5, 0.6) is 0 Å². The maximum Gasteiger partial charge on any atom is 0.227 e. The molecule has 2 N–H and O–H groups in total. The Hall–Kier alpha value is -1.91. The van der Waals surface area contributed by atoms with Crippen molar-refractivity contribution in [2.24, 2.45) is 11.7 Å². The zero-order chi connectivity index (χ0) is 14.5. The van der Waals surface area contributed by atoms with Gasteiger partial charge in [0.05, 0.1) is 6.42 Å². The van der Waals surface area contributed by atoms with Crippen LogP contribution in [0.4, 0.5) is 4.39 Å². The summed E-state index contributed by atoms with van der Waals surface area (Å²) >= 11 is 0. The van der Waals surface area contributed by atoms with Crippen molar-refractivity contribution in [1.29, 1.82) is 0 Å². The normalized spacial score (nSPS) is 16.1. The van der Waals surface area contributed by atoms with Crippen LogP contribution in [0.25, 0.3) is 0 Å². The second kappa shape index (κ2) is 6.50. The van der Waals surface area contributed by atoms with Gasteiger partial charge in [-0.25, -0.2) is 4.39 Å². The van der Waals surface area contributed by atoms with Crippen molar-refractivity contribution in [3.05, 3.63) is 35.6 Å². The number of piperidine rings is 1. The van der Waals surface area contributed by atoms with Gasteiger partial charge < -0.3 is 10.6 Å². The molecule has 0 unspecified atom stereocenters. The van der Waals surface area contributed by atoms with E-state index >= 15 is 0 Å². The summed E-state index contributed by atoms with van der Waals surface area (Å²) in [6.45, 7) is 1.23. The van der Waals surface area contributed by atoms with E-state index in [-0.39, 0.29) is 30.0 Å². The van der Waals surface area contributed by atoms with Crippen LogP contribution in [0.15, 0.2) is 24.3 Å². The van der Waals surface area contributed by atoms with Gasteiger partial charge in [-0.3, -0.25) is 9.59 Å². The lowest BCUT2D eigenvalue weighted by Gasteiger charge is -2.31. The molecule has 0 saturated carbocycles. The minimum atomic E-state index is -0.343. The molecule has 1 saturated heterocycles. The highest BCUT2D eigenvalue weighted by Gasteiger charge is 2.24. The average Bonchev–Trinajstić information content (AvgIpc) is 2.41. The Kier molecular flexibility index (Phi) is 4.71. The Morgan fingerprint density at radius 2 is 1.90 bits per heavy atom. The van der Waals surface area contributed by atoms with Crippen LogP contribution >= 0.6 is 0 Å². The van der Waals surface area contributed by atoms with Crippen LogP contribution in [0, 0.1) is 11.7 Å². The number of benzene rings is 1. The highest BCUT2D eigenvalue weighted by molar-refractivity contribution is 5.79. The molecule has 4 nitrogen and oxygen atoms in total. The lowest BCUT2D eigenvalue weighted by molar-refractivity contribution is -0.132. The van der Waals surface area contributed by atoms with Crippen LogP contribution in [0.3, 0.4) is 0 Å². The summed E-state index contributed by atoms with van der Waals surface area (Å²) in [5, 5.41) is 0. The SMILES string of the molecule is NC(=O)CC1CCN(C(=O)Cc2ccccc2F)CC1. The van der Waals surface area contributed by atoms with Gasteiger partial charge in [0.15, 0.2) is 0 Å². The second-order valence-corrected chi connectivity index (χ2v) is 5.26. The number of likely N-dealkylation sites (tertiary alicyclic amines) is 1. The van der Waals surface area contributed by atoms with Gasteiger partial charge in [-0.1, -0.05) is 18.2 Å². The second-order valence-electron chi connectivity index (χ2n) is 5.26. The third kappa shape index (κ3) is 3.79. The molecule has 1 aromatic carbocycles. The molecule has 0 aromatic heterocycles. The maximum atomic E-state index is 13.5. The first kappa shape index (κ1) is 14.5. The zero-order valence-corrected chi connectivity index (χ0v) is 11.3. The van der Waals surface area contributed by atoms with E-state index in [2.05, 4.69) is 0 Å². The number of carbonyl (C=O) groups is 2. The summed E-state index contributed by atoms with van der Waals surface area (Å²) in [5.74, 6) is -0.428. The molecule has 1 aliphatic rings. The maximum absolute atomic E-state index is 13.5. The molecule has 1 aromatic rings. The molecule has 20 heavy (non-hydrogen) atoms. The minimum absolute atomic E-state index is 0.0624. The quantitative estimate of drug-likeness (QED) is 0.906. The zero-order valence-electron chi connectivity index (χ0n) is 11.3. The Balaban J connectivity index is 1.86. The highest BCUT2D eigenvalue weighted by atomic mass is 19.1. The standard InChI is InChI=1S/C15H19FN2O2/c16-13-4-2-1-3-12(13)10-15(20)18-7-5-11(6-8-18)9-14(17)19/h1-4,11H,5-10H2,(H2,17,19). The van der Waals surface area contributed by atoms with Gasteiger partial charge in [0, 0.05) is 19.5 Å². The molecule has 2 amide bonds. The first-order valence-electron chi connectivity index (χ1n) is 6.85. The van der Waals surface area contributed by atoms with E-state index in [1.165, 1.54) is 6.07 Å². The fourth-order valence-electron chi connectivity index (χ4n) is 2.59. The summed E-state index contributed by atoms with van der Waals surface area (Å²) in [6, 6.07) is 6.33. The number of hydrogen-bond donors (Lipinski definition) is 1. The van der Waals surface area contributed by atoms with Crippen LogP contribution in [-0.2, 0) is 16.0 Å². The molecule has 2 rings (SSSR count). The van der Waals surface area contributed by atoms with Gasteiger partial charge in [0.2, 0.25) is 11.8 Å². The molecule has 0 bridgehead atoms. The Morgan fingerprint density at radius 3 is 2.50 bits per heavy atom. The molecule has 0 aliphatic carbocycles. The van der Waals surface area contributed by atoms with Crippen LogP contribution in [-0.4, -0.2) is 29.8 Å². The molecule has 0 atom stereocenters. The van der Waals surface area contributed by atoms with Gasteiger partial charge in [-0.05, 0) is 30.4 Å². The number of halogens is 1. The third-order valence-electron chi connectivity index (χ3n) is 3.76. The fraction of sp³-hybridized carbons (Fsp3) is 0.467. The summed E-state index contributed by atoms with van der Waals surface area (Å²) in [7, 11) is 0. The lowest BCUT2D eigenvalue weighted by Crippen LogP contribution is -2.40. The molecule has 1 heterocycles. The van der Waals surface area contributed by atoms with Crippen molar-refractivity contribution < 1.29 is 14.0 Å². The number of hydrogen-bond acceptors (Lipinski definition) is 2. The predicted octanol–water partition coefficient (Wildman–Crippen LogP) is 1.48. The number of carbonyl (C=O) groups excluding carboxylic acids is 2. The Morgan fingerprint density at radius 1 is 1.25 bits per heavy atom. The summed E-state index contributed by atoms with van der Waals surface area (Å²) in [4.78, 5) is 24.7. The number of nitrogens with zero attached hydrogens (tertiary/aromatic N) is 1. The average molecular weight is 278 g/mol. The van der Waals surface area contributed by atoms with Gasteiger partial charge in [0.25, 0.3) is 0 Å². The summed E-state index contributed by atoms with van der Waals surface area (Å²) in [6.07, 6.45) is 2.04. The van der Waals surface area contributed by atoms with E-state index in [4.69, 9.17) is 5.73 Å². The van der Waals surface area contributed by atoms with Gasteiger partial charge in [-0.15, -0.1) is 0 Å². The molecule has 0 radical (unpaired) electrons. The van der Waals surface area contributed by atoms with E-state index in [0.717, 1.165) is 12.8 Å². The predicted molar refractivity (Wildman–Crippen MR) is 73.2 cm³/mol. The highest BCUT2D eigenvalue weighted by Crippen LogP contribution is 2.21.